The molecular formula is C13H27N4O3S+. The maximum Gasteiger partial charge on any atom is 0.275 e. The van der Waals surface area contributed by atoms with Crippen LogP contribution in [0.4, 0.5) is 0 Å². The summed E-state index contributed by atoms with van der Waals surface area (Å²) in [6.07, 6.45) is 2.88. The lowest BCUT2D eigenvalue weighted by Crippen LogP contribution is -2.60. The topological polar surface area (TPSA) is 129 Å². The SMILES string of the molecule is CSCC[C@H](NC(=O)[C@H](CC(C)C)NC(=O)C[NH3+])C(N)=O. The molecule has 0 aliphatic rings. The molecule has 0 saturated heterocycles. The fourth-order valence-corrected chi connectivity index (χ4v) is 2.23. The first-order valence-electron chi connectivity index (χ1n) is 6.99. The van der Waals surface area contributed by atoms with Crippen LogP contribution in [0.2, 0.25) is 0 Å². The summed E-state index contributed by atoms with van der Waals surface area (Å²) in [6, 6.07) is -1.38. The summed E-state index contributed by atoms with van der Waals surface area (Å²) in [4.78, 5) is 35.1. The standard InChI is InChI=1S/C13H26N4O3S/c1-8(2)6-10(16-11(18)7-14)13(20)17-9(12(15)19)4-5-21-3/h8-10H,4-7,14H2,1-3H3,(H2,15,19)(H,16,18)(H,17,20)/p+1/t9-,10-/m0/s1. The molecular weight excluding hydrogens is 292 g/mol. The molecule has 0 aromatic rings. The fourth-order valence-electron chi connectivity index (χ4n) is 1.76. The number of primary amides is 1. The molecule has 7 nitrogen and oxygen atoms in total. The van der Waals surface area contributed by atoms with Gasteiger partial charge in [-0.25, -0.2) is 0 Å². The molecule has 3 amide bonds. The molecule has 0 saturated carbocycles. The molecule has 2 atom stereocenters. The Labute approximate surface area is 130 Å². The molecule has 122 valence electrons. The first kappa shape index (κ1) is 19.7. The molecule has 0 aliphatic carbocycles. The number of amides is 3. The van der Waals surface area contributed by atoms with Crippen molar-refractivity contribution in [3.63, 3.8) is 0 Å². The van der Waals surface area contributed by atoms with E-state index in [1.165, 1.54) is 0 Å². The second kappa shape index (κ2) is 10.4. The smallest absolute Gasteiger partial charge is 0.275 e. The summed E-state index contributed by atoms with van der Waals surface area (Å²) >= 11 is 1.57. The molecule has 0 bridgehead atoms. The van der Waals surface area contributed by atoms with Crippen LogP contribution in [0.5, 0.6) is 0 Å². The van der Waals surface area contributed by atoms with E-state index in [1.807, 2.05) is 20.1 Å². The summed E-state index contributed by atoms with van der Waals surface area (Å²) in [5, 5.41) is 5.25. The van der Waals surface area contributed by atoms with Gasteiger partial charge in [0, 0.05) is 0 Å². The number of rotatable bonds is 10. The second-order valence-corrected chi connectivity index (χ2v) is 6.23. The van der Waals surface area contributed by atoms with Crippen molar-refractivity contribution in [3.8, 4) is 0 Å². The van der Waals surface area contributed by atoms with Gasteiger partial charge >= 0.3 is 0 Å². The maximum atomic E-state index is 12.2. The van der Waals surface area contributed by atoms with Crippen molar-refractivity contribution in [3.05, 3.63) is 0 Å². The summed E-state index contributed by atoms with van der Waals surface area (Å²) in [7, 11) is 0. The lowest BCUT2D eigenvalue weighted by Gasteiger charge is -2.22. The molecule has 0 aliphatic heterocycles. The third-order valence-corrected chi connectivity index (χ3v) is 3.50. The van der Waals surface area contributed by atoms with Crippen molar-refractivity contribution in [2.24, 2.45) is 11.7 Å². The zero-order valence-corrected chi connectivity index (χ0v) is 13.8. The van der Waals surface area contributed by atoms with Gasteiger partial charge in [-0.2, -0.15) is 11.8 Å². The first-order valence-corrected chi connectivity index (χ1v) is 8.38. The van der Waals surface area contributed by atoms with E-state index in [0.29, 0.717) is 18.6 Å². The van der Waals surface area contributed by atoms with Crippen LogP contribution in [0.1, 0.15) is 26.7 Å². The van der Waals surface area contributed by atoms with E-state index in [4.69, 9.17) is 5.73 Å². The molecule has 0 spiro atoms. The van der Waals surface area contributed by atoms with E-state index in [9.17, 15) is 14.4 Å². The number of nitrogens with one attached hydrogen (secondary N) is 2. The number of quaternary nitrogens is 1. The van der Waals surface area contributed by atoms with Crippen LogP contribution in [-0.4, -0.2) is 48.4 Å². The van der Waals surface area contributed by atoms with E-state index in [2.05, 4.69) is 16.4 Å². The van der Waals surface area contributed by atoms with Gasteiger partial charge in [0.05, 0.1) is 0 Å². The predicted octanol–water partition coefficient (Wildman–Crippen LogP) is -1.52. The number of thioether (sulfide) groups is 1. The highest BCUT2D eigenvalue weighted by Crippen LogP contribution is 2.07. The van der Waals surface area contributed by atoms with Crippen molar-refractivity contribution >= 4 is 29.5 Å². The number of hydrogen-bond donors (Lipinski definition) is 4. The molecule has 0 heterocycles. The van der Waals surface area contributed by atoms with Gasteiger partial charge in [0.25, 0.3) is 5.91 Å². The van der Waals surface area contributed by atoms with Gasteiger partial charge in [0.15, 0.2) is 6.54 Å². The monoisotopic (exact) mass is 319 g/mol. The maximum absolute atomic E-state index is 12.2. The third kappa shape index (κ3) is 8.56. The first-order chi connectivity index (χ1) is 9.81. The Bertz CT molecular complexity index is 363. The Morgan fingerprint density at radius 2 is 1.81 bits per heavy atom. The van der Waals surface area contributed by atoms with E-state index in [1.54, 1.807) is 11.8 Å². The number of nitrogens with two attached hydrogens (primary N) is 1. The predicted molar refractivity (Wildman–Crippen MR) is 83.3 cm³/mol. The van der Waals surface area contributed by atoms with Gasteiger partial charge in [-0.05, 0) is 30.8 Å². The van der Waals surface area contributed by atoms with Gasteiger partial charge in [-0.3, -0.25) is 14.4 Å². The normalized spacial score (nSPS) is 13.6. The number of carbonyl (C=O) groups is 3. The van der Waals surface area contributed by atoms with Gasteiger partial charge in [-0.1, -0.05) is 13.8 Å². The van der Waals surface area contributed by atoms with Gasteiger partial charge < -0.3 is 22.1 Å². The summed E-state index contributed by atoms with van der Waals surface area (Å²) in [5.74, 6) is -0.298. The van der Waals surface area contributed by atoms with E-state index in [-0.39, 0.29) is 24.3 Å². The number of hydrogen-bond acceptors (Lipinski definition) is 4. The molecule has 8 heteroatoms. The molecule has 0 aromatic heterocycles. The quantitative estimate of drug-likeness (QED) is 0.390. The lowest BCUT2D eigenvalue weighted by atomic mass is 10.0. The molecule has 0 rings (SSSR count). The van der Waals surface area contributed by atoms with E-state index < -0.39 is 18.0 Å². The third-order valence-electron chi connectivity index (χ3n) is 2.86. The average molecular weight is 319 g/mol. The summed E-state index contributed by atoms with van der Waals surface area (Å²) < 4.78 is 0. The van der Waals surface area contributed by atoms with Gasteiger partial charge in [-0.15, -0.1) is 0 Å². The Kier molecular flexibility index (Phi) is 9.81. The second-order valence-electron chi connectivity index (χ2n) is 5.24. The highest BCUT2D eigenvalue weighted by molar-refractivity contribution is 7.98. The molecule has 0 aromatic carbocycles. The number of carbonyl (C=O) groups excluding carboxylic acids is 3. The van der Waals surface area contributed by atoms with Crippen LogP contribution in [0.15, 0.2) is 0 Å². The van der Waals surface area contributed by atoms with Crippen molar-refractivity contribution in [1.82, 2.24) is 10.6 Å². The highest BCUT2D eigenvalue weighted by Gasteiger charge is 2.26. The zero-order valence-electron chi connectivity index (χ0n) is 13.0. The molecule has 21 heavy (non-hydrogen) atoms. The fraction of sp³-hybridized carbons (Fsp3) is 0.769. The van der Waals surface area contributed by atoms with Crippen molar-refractivity contribution < 1.29 is 20.1 Å². The Hall–Kier alpha value is -1.28. The van der Waals surface area contributed by atoms with Crippen LogP contribution in [0.25, 0.3) is 0 Å². The van der Waals surface area contributed by atoms with E-state index >= 15 is 0 Å². The molecule has 7 N–H and O–H groups in total. The molecule has 0 fully saturated rings. The van der Waals surface area contributed by atoms with Crippen LogP contribution < -0.4 is 22.1 Å². The van der Waals surface area contributed by atoms with Gasteiger partial charge in [0.1, 0.15) is 12.1 Å². The summed E-state index contributed by atoms with van der Waals surface area (Å²) in [5.41, 5.74) is 8.78. The minimum Gasteiger partial charge on any atom is -0.368 e. The highest BCUT2D eigenvalue weighted by atomic mass is 32.2. The van der Waals surface area contributed by atoms with Crippen molar-refractivity contribution in [1.29, 1.82) is 0 Å². The molecule has 0 unspecified atom stereocenters. The van der Waals surface area contributed by atoms with Crippen LogP contribution >= 0.6 is 11.8 Å². The molecule has 0 radical (unpaired) electrons. The van der Waals surface area contributed by atoms with E-state index in [0.717, 1.165) is 0 Å². The largest absolute Gasteiger partial charge is 0.368 e. The van der Waals surface area contributed by atoms with Gasteiger partial charge in [0.2, 0.25) is 11.8 Å². The Morgan fingerprint density at radius 1 is 1.19 bits per heavy atom. The minimum absolute atomic E-state index is 0.0631. The van der Waals surface area contributed by atoms with Crippen LogP contribution in [-0.2, 0) is 14.4 Å². The van der Waals surface area contributed by atoms with Crippen molar-refractivity contribution in [2.75, 3.05) is 18.6 Å². The average Bonchev–Trinajstić information content (AvgIpc) is 2.41. The zero-order chi connectivity index (χ0) is 16.4. The van der Waals surface area contributed by atoms with Crippen molar-refractivity contribution in [2.45, 2.75) is 38.8 Å². The minimum atomic E-state index is -0.712. The van der Waals surface area contributed by atoms with Crippen LogP contribution in [0, 0.1) is 5.92 Å². The Balaban J connectivity index is 4.75. The lowest BCUT2D eigenvalue weighted by molar-refractivity contribution is -0.355. The van der Waals surface area contributed by atoms with Crippen LogP contribution in [0.3, 0.4) is 0 Å². The Morgan fingerprint density at radius 3 is 2.24 bits per heavy atom. The summed E-state index contributed by atoms with van der Waals surface area (Å²) in [6.45, 7) is 3.97.